The van der Waals surface area contributed by atoms with Gasteiger partial charge in [-0.15, -0.1) is 0 Å². The Morgan fingerprint density at radius 1 is 1.13 bits per heavy atom. The zero-order valence-electron chi connectivity index (χ0n) is 10.3. The highest BCUT2D eigenvalue weighted by molar-refractivity contribution is 7.91. The molecule has 92 valence electrons. The molecule has 0 aromatic rings. The van der Waals surface area contributed by atoms with Crippen molar-refractivity contribution in [1.82, 2.24) is 5.32 Å². The Morgan fingerprint density at radius 2 is 1.73 bits per heavy atom. The van der Waals surface area contributed by atoms with Gasteiger partial charge in [-0.25, -0.2) is 8.42 Å². The van der Waals surface area contributed by atoms with Crippen LogP contribution in [0.1, 0.15) is 46.0 Å². The molecule has 0 radical (unpaired) electrons. The van der Waals surface area contributed by atoms with Crippen LogP contribution in [0.25, 0.3) is 0 Å². The number of nitrogens with one attached hydrogen (secondary N) is 1. The molecular formula is C11H25NO2S. The zero-order valence-corrected chi connectivity index (χ0v) is 11.1. The first-order valence-electron chi connectivity index (χ1n) is 5.89. The van der Waals surface area contributed by atoms with E-state index in [9.17, 15) is 8.42 Å². The SMILES string of the molecule is CCCCS(=O)(=O)CCCCC(C)NC. The van der Waals surface area contributed by atoms with E-state index in [1.165, 1.54) is 0 Å². The third-order valence-electron chi connectivity index (χ3n) is 2.64. The minimum Gasteiger partial charge on any atom is -0.317 e. The molecule has 3 nitrogen and oxygen atoms in total. The molecule has 0 aliphatic rings. The van der Waals surface area contributed by atoms with Gasteiger partial charge >= 0.3 is 0 Å². The molecule has 0 aromatic carbocycles. The van der Waals surface area contributed by atoms with Crippen LogP contribution in [-0.2, 0) is 9.84 Å². The summed E-state index contributed by atoms with van der Waals surface area (Å²) in [5.74, 6) is 0.731. The molecule has 0 spiro atoms. The Labute approximate surface area is 94.6 Å². The second-order valence-corrected chi connectivity index (χ2v) is 6.49. The van der Waals surface area contributed by atoms with Crippen molar-refractivity contribution in [2.24, 2.45) is 0 Å². The summed E-state index contributed by atoms with van der Waals surface area (Å²) in [7, 11) is -0.836. The second-order valence-electron chi connectivity index (χ2n) is 4.19. The summed E-state index contributed by atoms with van der Waals surface area (Å²) in [4.78, 5) is 0. The lowest BCUT2D eigenvalue weighted by atomic mass is 10.1. The maximum atomic E-state index is 11.5. The number of unbranched alkanes of at least 4 members (excludes halogenated alkanes) is 2. The van der Waals surface area contributed by atoms with Crippen molar-refractivity contribution in [2.75, 3.05) is 18.6 Å². The van der Waals surface area contributed by atoms with Gasteiger partial charge in [0.25, 0.3) is 0 Å². The van der Waals surface area contributed by atoms with Crippen molar-refractivity contribution < 1.29 is 8.42 Å². The molecule has 0 heterocycles. The highest BCUT2D eigenvalue weighted by Gasteiger charge is 2.09. The number of hydrogen-bond acceptors (Lipinski definition) is 3. The van der Waals surface area contributed by atoms with Crippen LogP contribution in [0, 0.1) is 0 Å². The molecule has 15 heavy (non-hydrogen) atoms. The van der Waals surface area contributed by atoms with Crippen LogP contribution in [0.15, 0.2) is 0 Å². The van der Waals surface area contributed by atoms with Gasteiger partial charge in [-0.2, -0.15) is 0 Å². The number of sulfone groups is 1. The van der Waals surface area contributed by atoms with E-state index in [0.29, 0.717) is 17.5 Å². The fourth-order valence-corrected chi connectivity index (χ4v) is 2.96. The Hall–Kier alpha value is -0.0900. The summed E-state index contributed by atoms with van der Waals surface area (Å²) in [6, 6.07) is 0.489. The summed E-state index contributed by atoms with van der Waals surface area (Å²) in [5, 5.41) is 3.15. The molecule has 0 aliphatic heterocycles. The van der Waals surface area contributed by atoms with Gasteiger partial charge in [0.1, 0.15) is 9.84 Å². The van der Waals surface area contributed by atoms with Crippen LogP contribution < -0.4 is 5.32 Å². The van der Waals surface area contributed by atoms with Crippen molar-refractivity contribution >= 4 is 9.84 Å². The lowest BCUT2D eigenvalue weighted by molar-refractivity contribution is 0.533. The van der Waals surface area contributed by atoms with Crippen molar-refractivity contribution in [3.05, 3.63) is 0 Å². The molecule has 0 bridgehead atoms. The molecular weight excluding hydrogens is 210 g/mol. The third kappa shape index (κ3) is 8.88. The number of rotatable bonds is 9. The second kappa shape index (κ2) is 8.11. The predicted octanol–water partition coefficient (Wildman–Crippen LogP) is 1.98. The van der Waals surface area contributed by atoms with Crippen LogP contribution in [0.3, 0.4) is 0 Å². The lowest BCUT2D eigenvalue weighted by Gasteiger charge is -2.09. The van der Waals surface area contributed by atoms with Gasteiger partial charge in [0.15, 0.2) is 0 Å². The Kier molecular flexibility index (Phi) is 8.06. The number of hydrogen-bond donors (Lipinski definition) is 1. The molecule has 0 saturated heterocycles. The molecule has 1 atom stereocenters. The maximum Gasteiger partial charge on any atom is 0.150 e. The van der Waals surface area contributed by atoms with Gasteiger partial charge in [0, 0.05) is 6.04 Å². The predicted molar refractivity (Wildman–Crippen MR) is 65.9 cm³/mol. The van der Waals surface area contributed by atoms with Crippen LogP contribution in [-0.4, -0.2) is 33.0 Å². The summed E-state index contributed by atoms with van der Waals surface area (Å²) in [6.45, 7) is 4.13. The first-order chi connectivity index (χ1) is 7.02. The molecule has 4 heteroatoms. The largest absolute Gasteiger partial charge is 0.317 e. The van der Waals surface area contributed by atoms with Crippen molar-refractivity contribution in [3.63, 3.8) is 0 Å². The van der Waals surface area contributed by atoms with E-state index in [0.717, 1.165) is 32.1 Å². The van der Waals surface area contributed by atoms with E-state index in [1.54, 1.807) is 0 Å². The third-order valence-corrected chi connectivity index (χ3v) is 4.47. The minimum atomic E-state index is -2.77. The monoisotopic (exact) mass is 235 g/mol. The highest BCUT2D eigenvalue weighted by atomic mass is 32.2. The van der Waals surface area contributed by atoms with E-state index in [1.807, 2.05) is 14.0 Å². The Bertz CT molecular complexity index is 237. The highest BCUT2D eigenvalue weighted by Crippen LogP contribution is 2.05. The lowest BCUT2D eigenvalue weighted by Crippen LogP contribution is -2.21. The summed E-state index contributed by atoms with van der Waals surface area (Å²) in [5.41, 5.74) is 0. The van der Waals surface area contributed by atoms with Crippen LogP contribution in [0.2, 0.25) is 0 Å². The first kappa shape index (κ1) is 14.9. The van der Waals surface area contributed by atoms with E-state index >= 15 is 0 Å². The Balaban J connectivity index is 3.57. The molecule has 1 unspecified atom stereocenters. The molecule has 0 aliphatic carbocycles. The van der Waals surface area contributed by atoms with Crippen LogP contribution in [0.5, 0.6) is 0 Å². The van der Waals surface area contributed by atoms with E-state index < -0.39 is 9.84 Å². The van der Waals surface area contributed by atoms with Gasteiger partial charge in [-0.1, -0.05) is 19.8 Å². The van der Waals surface area contributed by atoms with E-state index in [4.69, 9.17) is 0 Å². The molecule has 0 aromatic heterocycles. The average molecular weight is 235 g/mol. The van der Waals surface area contributed by atoms with Crippen molar-refractivity contribution in [1.29, 1.82) is 0 Å². The normalized spacial score (nSPS) is 14.1. The van der Waals surface area contributed by atoms with Gasteiger partial charge in [0.2, 0.25) is 0 Å². The van der Waals surface area contributed by atoms with E-state index in [2.05, 4.69) is 12.2 Å². The van der Waals surface area contributed by atoms with Crippen LogP contribution >= 0.6 is 0 Å². The molecule has 0 rings (SSSR count). The van der Waals surface area contributed by atoms with E-state index in [-0.39, 0.29) is 0 Å². The fraction of sp³-hybridized carbons (Fsp3) is 1.00. The van der Waals surface area contributed by atoms with Crippen molar-refractivity contribution in [2.45, 2.75) is 52.0 Å². The quantitative estimate of drug-likeness (QED) is 0.622. The Morgan fingerprint density at radius 3 is 2.27 bits per heavy atom. The maximum absolute atomic E-state index is 11.5. The summed E-state index contributed by atoms with van der Waals surface area (Å²) < 4.78 is 23.0. The molecule has 0 saturated carbocycles. The van der Waals surface area contributed by atoms with Gasteiger partial charge in [-0.05, 0) is 33.2 Å². The summed E-state index contributed by atoms with van der Waals surface area (Å²) in [6.07, 6.45) is 4.61. The fourth-order valence-electron chi connectivity index (χ4n) is 1.38. The standard InChI is InChI=1S/C11H25NO2S/c1-4-5-9-15(13,14)10-7-6-8-11(2)12-3/h11-12H,4-10H2,1-3H3. The molecule has 0 amide bonds. The molecule has 1 N–H and O–H groups in total. The zero-order chi connectivity index (χ0) is 11.7. The van der Waals surface area contributed by atoms with Gasteiger partial charge in [-0.3, -0.25) is 0 Å². The smallest absolute Gasteiger partial charge is 0.150 e. The average Bonchev–Trinajstić information content (AvgIpc) is 2.21. The van der Waals surface area contributed by atoms with Crippen LogP contribution in [0.4, 0.5) is 0 Å². The molecule has 0 fully saturated rings. The topological polar surface area (TPSA) is 46.2 Å². The minimum absolute atomic E-state index is 0.365. The first-order valence-corrected chi connectivity index (χ1v) is 7.71. The summed E-state index contributed by atoms with van der Waals surface area (Å²) >= 11 is 0. The van der Waals surface area contributed by atoms with Gasteiger partial charge < -0.3 is 5.32 Å². The van der Waals surface area contributed by atoms with Crippen molar-refractivity contribution in [3.8, 4) is 0 Å². The van der Waals surface area contributed by atoms with Gasteiger partial charge in [0.05, 0.1) is 11.5 Å².